The molecule has 0 spiro atoms. The molecule has 202 valence electrons. The highest BCUT2D eigenvalue weighted by molar-refractivity contribution is 6.17. The van der Waals surface area contributed by atoms with Crippen molar-refractivity contribution in [3.8, 4) is 16.8 Å². The van der Waals surface area contributed by atoms with Crippen LogP contribution >= 0.6 is 0 Å². The molecule has 3 N–H and O–H groups in total. The van der Waals surface area contributed by atoms with Crippen molar-refractivity contribution in [2.45, 2.75) is 6.54 Å². The average molecular weight is 537 g/mol. The van der Waals surface area contributed by atoms with Crippen LogP contribution in [0.1, 0.15) is 11.3 Å². The third-order valence-electron chi connectivity index (χ3n) is 6.77. The van der Waals surface area contributed by atoms with Gasteiger partial charge in [0.1, 0.15) is 6.33 Å². The largest absolute Gasteiger partial charge is 0.378 e. The lowest BCUT2D eigenvalue weighted by molar-refractivity contribution is -0.112. The van der Waals surface area contributed by atoms with E-state index in [0.29, 0.717) is 61.3 Å². The number of nitrogens with two attached hydrogens (primary N) is 1. The minimum Gasteiger partial charge on any atom is -0.378 e. The summed E-state index contributed by atoms with van der Waals surface area (Å²) in [5.74, 6) is 0.716. The molecule has 1 aromatic carbocycles. The zero-order chi connectivity index (χ0) is 27.6. The molecule has 0 saturated carbocycles. The quantitative estimate of drug-likeness (QED) is 0.286. The second kappa shape index (κ2) is 10.6. The van der Waals surface area contributed by atoms with E-state index in [2.05, 4.69) is 31.9 Å². The molecular formula is C28H28N10O2. The van der Waals surface area contributed by atoms with E-state index < -0.39 is 5.91 Å². The van der Waals surface area contributed by atoms with Crippen LogP contribution in [0.3, 0.4) is 0 Å². The maximum absolute atomic E-state index is 11.4. The number of imidazole rings is 1. The summed E-state index contributed by atoms with van der Waals surface area (Å²) in [5, 5.41) is 7.71. The number of aromatic nitrogens is 7. The molecule has 0 atom stereocenters. The number of nitrogens with one attached hydrogen (secondary N) is 1. The molecule has 40 heavy (non-hydrogen) atoms. The van der Waals surface area contributed by atoms with E-state index in [0.717, 1.165) is 22.5 Å². The number of aryl methyl sites for hydroxylation is 1. The van der Waals surface area contributed by atoms with Crippen LogP contribution in [0, 0.1) is 0 Å². The summed E-state index contributed by atoms with van der Waals surface area (Å²) in [7, 11) is 1.87. The van der Waals surface area contributed by atoms with Crippen molar-refractivity contribution < 1.29 is 9.53 Å². The predicted molar refractivity (Wildman–Crippen MR) is 152 cm³/mol. The molecule has 12 heteroatoms. The van der Waals surface area contributed by atoms with Crippen LogP contribution in [-0.4, -0.2) is 66.5 Å². The molecule has 5 aromatic rings. The number of ether oxygens (including phenoxy) is 1. The van der Waals surface area contributed by atoms with Crippen molar-refractivity contribution in [3.05, 3.63) is 79.2 Å². The SMILES string of the molecule is C=C(C(N)=O)c1ccc(-c2ccc(CNc3nc(N4CCOCC4)nc4c3ncn4-c3cnn(C)c3)nc2)cc1. The Hall–Kier alpha value is -5.10. The third-order valence-corrected chi connectivity index (χ3v) is 6.77. The summed E-state index contributed by atoms with van der Waals surface area (Å²) < 4.78 is 9.18. The zero-order valence-corrected chi connectivity index (χ0v) is 22.0. The van der Waals surface area contributed by atoms with Crippen LogP contribution in [0.15, 0.2) is 67.9 Å². The number of morpholine rings is 1. The minimum atomic E-state index is -0.534. The molecule has 5 heterocycles. The Bertz CT molecular complexity index is 1680. The van der Waals surface area contributed by atoms with Gasteiger partial charge < -0.3 is 20.7 Å². The number of hydrogen-bond donors (Lipinski definition) is 2. The highest BCUT2D eigenvalue weighted by atomic mass is 16.5. The lowest BCUT2D eigenvalue weighted by atomic mass is 10.0. The van der Waals surface area contributed by atoms with E-state index in [1.807, 2.05) is 60.4 Å². The predicted octanol–water partition coefficient (Wildman–Crippen LogP) is 2.56. The molecule has 1 aliphatic rings. The number of anilines is 2. The van der Waals surface area contributed by atoms with Gasteiger partial charge in [-0.25, -0.2) is 4.98 Å². The van der Waals surface area contributed by atoms with E-state index in [4.69, 9.17) is 20.4 Å². The fourth-order valence-electron chi connectivity index (χ4n) is 4.52. The Morgan fingerprint density at radius 1 is 1.05 bits per heavy atom. The maximum Gasteiger partial charge on any atom is 0.248 e. The zero-order valence-electron chi connectivity index (χ0n) is 22.0. The summed E-state index contributed by atoms with van der Waals surface area (Å²) in [6.45, 7) is 6.87. The molecule has 6 rings (SSSR count). The summed E-state index contributed by atoms with van der Waals surface area (Å²) in [6, 6.07) is 11.5. The standard InChI is InChI=1S/C28H28N10O2/c1-18(25(29)39)19-3-5-20(6-4-19)21-7-8-22(30-13-21)14-31-26-24-27(35-28(34-26)37-9-11-40-12-10-37)38(17-32-24)23-15-33-36(2)16-23/h3-8,13,15-17H,1,9-12,14H2,2H3,(H2,29,39)(H,31,34,35). The van der Waals surface area contributed by atoms with E-state index in [9.17, 15) is 4.79 Å². The number of amides is 1. The highest BCUT2D eigenvalue weighted by Crippen LogP contribution is 2.26. The molecule has 0 unspecified atom stereocenters. The number of fused-ring (bicyclic) bond motifs is 1. The Morgan fingerprint density at radius 3 is 2.50 bits per heavy atom. The van der Waals surface area contributed by atoms with Gasteiger partial charge in [0.05, 0.1) is 37.3 Å². The van der Waals surface area contributed by atoms with Gasteiger partial charge >= 0.3 is 0 Å². The van der Waals surface area contributed by atoms with Gasteiger partial charge in [-0.3, -0.25) is 19.0 Å². The van der Waals surface area contributed by atoms with Crippen molar-refractivity contribution in [3.63, 3.8) is 0 Å². The number of carbonyl (C=O) groups excluding carboxylic acids is 1. The first-order valence-corrected chi connectivity index (χ1v) is 12.8. The summed E-state index contributed by atoms with van der Waals surface area (Å²) in [6.07, 6.45) is 7.25. The molecular weight excluding hydrogens is 508 g/mol. The Labute approximate surface area is 230 Å². The normalized spacial score (nSPS) is 13.5. The number of primary amides is 1. The van der Waals surface area contributed by atoms with Crippen LogP contribution in [0.4, 0.5) is 11.8 Å². The van der Waals surface area contributed by atoms with Gasteiger partial charge in [-0.05, 0) is 17.2 Å². The fourth-order valence-corrected chi connectivity index (χ4v) is 4.52. The number of hydrogen-bond acceptors (Lipinski definition) is 9. The Kier molecular flexibility index (Phi) is 6.66. The number of pyridine rings is 1. The molecule has 0 aliphatic carbocycles. The number of carbonyl (C=O) groups is 1. The van der Waals surface area contributed by atoms with Crippen LogP contribution in [0.25, 0.3) is 33.6 Å². The smallest absolute Gasteiger partial charge is 0.248 e. The van der Waals surface area contributed by atoms with E-state index in [1.54, 1.807) is 17.2 Å². The van der Waals surface area contributed by atoms with Gasteiger partial charge in [-0.15, -0.1) is 0 Å². The van der Waals surface area contributed by atoms with Crippen molar-refractivity contribution in [1.29, 1.82) is 0 Å². The van der Waals surface area contributed by atoms with Crippen molar-refractivity contribution in [2.24, 2.45) is 12.8 Å². The lowest BCUT2D eigenvalue weighted by Crippen LogP contribution is -2.37. The van der Waals surface area contributed by atoms with Crippen molar-refractivity contribution in [1.82, 2.24) is 34.3 Å². The van der Waals surface area contributed by atoms with E-state index in [1.165, 1.54) is 0 Å². The molecule has 0 bridgehead atoms. The summed E-state index contributed by atoms with van der Waals surface area (Å²) >= 11 is 0. The first-order valence-electron chi connectivity index (χ1n) is 12.8. The van der Waals surface area contributed by atoms with Gasteiger partial charge in [0.25, 0.3) is 0 Å². The monoisotopic (exact) mass is 536 g/mol. The molecule has 0 radical (unpaired) electrons. The molecule has 12 nitrogen and oxygen atoms in total. The number of rotatable bonds is 8. The van der Waals surface area contributed by atoms with Crippen LogP contribution in [0.2, 0.25) is 0 Å². The minimum absolute atomic E-state index is 0.284. The Balaban J connectivity index is 1.25. The van der Waals surface area contributed by atoms with Gasteiger partial charge in [-0.2, -0.15) is 15.1 Å². The van der Waals surface area contributed by atoms with Crippen LogP contribution < -0.4 is 16.0 Å². The van der Waals surface area contributed by atoms with Gasteiger partial charge in [0, 0.05) is 43.7 Å². The summed E-state index contributed by atoms with van der Waals surface area (Å²) in [5.41, 5.74) is 11.3. The number of benzene rings is 1. The maximum atomic E-state index is 11.4. The van der Waals surface area contributed by atoms with Crippen LogP contribution in [0.5, 0.6) is 0 Å². The molecule has 4 aromatic heterocycles. The van der Waals surface area contributed by atoms with Crippen molar-refractivity contribution >= 4 is 34.4 Å². The Morgan fingerprint density at radius 2 is 1.82 bits per heavy atom. The van der Waals surface area contributed by atoms with Gasteiger partial charge in [0.15, 0.2) is 17.0 Å². The van der Waals surface area contributed by atoms with E-state index in [-0.39, 0.29) is 5.57 Å². The molecule has 1 fully saturated rings. The average Bonchev–Trinajstić information content (AvgIpc) is 3.62. The van der Waals surface area contributed by atoms with Crippen LogP contribution in [-0.2, 0) is 23.1 Å². The third kappa shape index (κ3) is 4.99. The van der Waals surface area contributed by atoms with Crippen molar-refractivity contribution in [2.75, 3.05) is 36.5 Å². The second-order valence-corrected chi connectivity index (χ2v) is 9.44. The lowest BCUT2D eigenvalue weighted by Gasteiger charge is -2.27. The highest BCUT2D eigenvalue weighted by Gasteiger charge is 2.20. The molecule has 1 aliphatic heterocycles. The summed E-state index contributed by atoms with van der Waals surface area (Å²) in [4.78, 5) is 32.5. The van der Waals surface area contributed by atoms with E-state index >= 15 is 0 Å². The first kappa shape index (κ1) is 25.2. The molecule has 1 saturated heterocycles. The topological polar surface area (TPSA) is 142 Å². The molecule has 1 amide bonds. The van der Waals surface area contributed by atoms with Gasteiger partial charge in [-0.1, -0.05) is 36.9 Å². The first-order chi connectivity index (χ1) is 19.5. The fraction of sp³-hybridized carbons (Fsp3) is 0.214. The second-order valence-electron chi connectivity index (χ2n) is 9.44. The van der Waals surface area contributed by atoms with Gasteiger partial charge in [0.2, 0.25) is 11.9 Å². The number of nitrogens with zero attached hydrogens (tertiary/aromatic N) is 8.